The molecular formula is C12H22N4O2. The van der Waals surface area contributed by atoms with Gasteiger partial charge >= 0.3 is 0 Å². The lowest BCUT2D eigenvalue weighted by atomic mass is 10.3. The molecule has 6 nitrogen and oxygen atoms in total. The van der Waals surface area contributed by atoms with Crippen molar-refractivity contribution in [1.29, 1.82) is 0 Å². The number of nitrogens with one attached hydrogen (secondary N) is 3. The Labute approximate surface area is 108 Å². The minimum absolute atomic E-state index is 0.0583. The predicted molar refractivity (Wildman–Crippen MR) is 69.3 cm³/mol. The first-order valence-electron chi connectivity index (χ1n) is 6.29. The number of aromatic amines is 1. The first kappa shape index (κ1) is 14.7. The van der Waals surface area contributed by atoms with Crippen LogP contribution in [0.1, 0.15) is 18.5 Å². The third-order valence-electron chi connectivity index (χ3n) is 2.52. The molecule has 0 unspecified atom stereocenters. The van der Waals surface area contributed by atoms with Gasteiger partial charge in [0.05, 0.1) is 12.9 Å². The summed E-state index contributed by atoms with van der Waals surface area (Å²) >= 11 is 0. The normalized spacial score (nSPS) is 10.5. The van der Waals surface area contributed by atoms with Gasteiger partial charge in [-0.1, -0.05) is 0 Å². The maximum atomic E-state index is 10.9. The minimum atomic E-state index is 0.0583. The number of carbonyl (C=O) groups is 1. The van der Waals surface area contributed by atoms with Gasteiger partial charge in [-0.05, 0) is 12.8 Å². The Hall–Kier alpha value is -1.40. The largest absolute Gasteiger partial charge is 0.380 e. The summed E-state index contributed by atoms with van der Waals surface area (Å²) < 4.78 is 5.47. The maximum Gasteiger partial charge on any atom is 0.221 e. The molecule has 0 radical (unpaired) electrons. The third kappa shape index (κ3) is 7.03. The zero-order valence-corrected chi connectivity index (χ0v) is 10.9. The number of nitrogens with zero attached hydrogens (tertiary/aromatic N) is 1. The number of H-pyrrole nitrogens is 1. The number of carbonyl (C=O) groups excluding carboxylic acids is 1. The van der Waals surface area contributed by atoms with Crippen molar-refractivity contribution in [3.05, 3.63) is 18.2 Å². The van der Waals surface area contributed by atoms with E-state index < -0.39 is 0 Å². The third-order valence-corrected chi connectivity index (χ3v) is 2.52. The van der Waals surface area contributed by atoms with Crippen molar-refractivity contribution < 1.29 is 9.53 Å². The number of rotatable bonds is 10. The first-order chi connectivity index (χ1) is 8.83. The molecule has 0 aliphatic carbocycles. The molecule has 0 aromatic carbocycles. The second-order valence-corrected chi connectivity index (χ2v) is 3.97. The van der Waals surface area contributed by atoms with Crippen LogP contribution in [0.3, 0.4) is 0 Å². The molecule has 1 rings (SSSR count). The Morgan fingerprint density at radius 1 is 1.44 bits per heavy atom. The maximum absolute atomic E-state index is 10.9. The smallest absolute Gasteiger partial charge is 0.221 e. The zero-order valence-electron chi connectivity index (χ0n) is 10.9. The van der Waals surface area contributed by atoms with E-state index in [0.717, 1.165) is 31.7 Å². The Kier molecular flexibility index (Phi) is 7.83. The molecule has 0 aliphatic rings. The van der Waals surface area contributed by atoms with Gasteiger partial charge in [-0.2, -0.15) is 0 Å². The van der Waals surface area contributed by atoms with Crippen LogP contribution in [0.4, 0.5) is 0 Å². The lowest BCUT2D eigenvalue weighted by molar-refractivity contribution is -0.120. The Balaban J connectivity index is 1.80. The summed E-state index contributed by atoms with van der Waals surface area (Å²) in [6.45, 7) is 2.89. The van der Waals surface area contributed by atoms with Gasteiger partial charge in [0.1, 0.15) is 0 Å². The number of ether oxygens (including phenoxy) is 1. The first-order valence-corrected chi connectivity index (χ1v) is 6.29. The highest BCUT2D eigenvalue weighted by Crippen LogP contribution is 1.96. The molecule has 1 heterocycles. The van der Waals surface area contributed by atoms with Crippen LogP contribution in [0.5, 0.6) is 0 Å². The van der Waals surface area contributed by atoms with E-state index in [2.05, 4.69) is 20.6 Å². The number of hydrogen-bond donors (Lipinski definition) is 3. The molecular weight excluding hydrogens is 232 g/mol. The van der Waals surface area contributed by atoms with Gasteiger partial charge in [0, 0.05) is 45.1 Å². The van der Waals surface area contributed by atoms with Crippen LogP contribution in [0.2, 0.25) is 0 Å². The van der Waals surface area contributed by atoms with Gasteiger partial charge in [0.25, 0.3) is 0 Å². The molecule has 1 aromatic heterocycles. The SMILES string of the molecule is CNC(=O)CCNCCOCCCc1cnc[nH]1. The highest BCUT2D eigenvalue weighted by atomic mass is 16.5. The fraction of sp³-hybridized carbons (Fsp3) is 0.667. The fourth-order valence-electron chi connectivity index (χ4n) is 1.48. The van der Waals surface area contributed by atoms with Gasteiger partial charge in [-0.3, -0.25) is 4.79 Å². The molecule has 1 aromatic rings. The van der Waals surface area contributed by atoms with Crippen LogP contribution in [0, 0.1) is 0 Å². The molecule has 0 spiro atoms. The summed E-state index contributed by atoms with van der Waals surface area (Å²) in [5, 5.41) is 5.73. The summed E-state index contributed by atoms with van der Waals surface area (Å²) in [6.07, 6.45) is 5.98. The Morgan fingerprint density at radius 2 is 2.33 bits per heavy atom. The van der Waals surface area contributed by atoms with Crippen LogP contribution < -0.4 is 10.6 Å². The lowest BCUT2D eigenvalue weighted by Crippen LogP contribution is -2.27. The second kappa shape index (κ2) is 9.61. The van der Waals surface area contributed by atoms with E-state index in [1.807, 2.05) is 6.20 Å². The fourth-order valence-corrected chi connectivity index (χ4v) is 1.48. The molecule has 0 bridgehead atoms. The summed E-state index contributed by atoms with van der Waals surface area (Å²) in [4.78, 5) is 17.9. The Morgan fingerprint density at radius 3 is 3.06 bits per heavy atom. The highest BCUT2D eigenvalue weighted by Gasteiger charge is 1.97. The van der Waals surface area contributed by atoms with Crippen molar-refractivity contribution in [3.8, 4) is 0 Å². The van der Waals surface area contributed by atoms with Crippen molar-refractivity contribution in [1.82, 2.24) is 20.6 Å². The standard InChI is InChI=1S/C12H22N4O2/c1-13-12(17)4-5-14-6-8-18-7-2-3-11-9-15-10-16-11/h9-10,14H,2-8H2,1H3,(H,13,17)(H,15,16). The van der Waals surface area contributed by atoms with Crippen molar-refractivity contribution >= 4 is 5.91 Å². The van der Waals surface area contributed by atoms with Gasteiger partial charge in [0.15, 0.2) is 0 Å². The van der Waals surface area contributed by atoms with Gasteiger partial charge in [0.2, 0.25) is 5.91 Å². The van der Waals surface area contributed by atoms with Crippen LogP contribution in [-0.2, 0) is 16.0 Å². The molecule has 3 N–H and O–H groups in total. The van der Waals surface area contributed by atoms with Gasteiger partial charge < -0.3 is 20.4 Å². The second-order valence-electron chi connectivity index (χ2n) is 3.97. The van der Waals surface area contributed by atoms with E-state index in [0.29, 0.717) is 19.6 Å². The molecule has 1 amide bonds. The summed E-state index contributed by atoms with van der Waals surface area (Å²) in [5.74, 6) is 0.0583. The van der Waals surface area contributed by atoms with Crippen LogP contribution in [0.25, 0.3) is 0 Å². The van der Waals surface area contributed by atoms with Crippen LogP contribution in [0.15, 0.2) is 12.5 Å². The topological polar surface area (TPSA) is 79.0 Å². The molecule has 18 heavy (non-hydrogen) atoms. The molecule has 0 saturated carbocycles. The number of amides is 1. The monoisotopic (exact) mass is 254 g/mol. The number of aryl methyl sites for hydroxylation is 1. The van der Waals surface area contributed by atoms with Gasteiger partial charge in [-0.15, -0.1) is 0 Å². The molecule has 0 atom stereocenters. The quantitative estimate of drug-likeness (QED) is 0.517. The van der Waals surface area contributed by atoms with Crippen molar-refractivity contribution in [2.45, 2.75) is 19.3 Å². The van der Waals surface area contributed by atoms with Crippen molar-refractivity contribution in [2.24, 2.45) is 0 Å². The van der Waals surface area contributed by atoms with E-state index in [-0.39, 0.29) is 5.91 Å². The van der Waals surface area contributed by atoms with Crippen molar-refractivity contribution in [2.75, 3.05) is 33.4 Å². The molecule has 6 heteroatoms. The molecule has 102 valence electrons. The average molecular weight is 254 g/mol. The van der Waals surface area contributed by atoms with E-state index in [4.69, 9.17) is 4.74 Å². The van der Waals surface area contributed by atoms with Crippen LogP contribution >= 0.6 is 0 Å². The van der Waals surface area contributed by atoms with Crippen LogP contribution in [-0.4, -0.2) is 49.2 Å². The van der Waals surface area contributed by atoms with E-state index in [9.17, 15) is 4.79 Å². The molecule has 0 aliphatic heterocycles. The number of hydrogen-bond acceptors (Lipinski definition) is 4. The summed E-state index contributed by atoms with van der Waals surface area (Å²) in [7, 11) is 1.64. The molecule has 0 fully saturated rings. The van der Waals surface area contributed by atoms with Crippen molar-refractivity contribution in [3.63, 3.8) is 0 Å². The molecule has 0 saturated heterocycles. The number of imidazole rings is 1. The number of aromatic nitrogens is 2. The summed E-state index contributed by atoms with van der Waals surface area (Å²) in [6, 6.07) is 0. The van der Waals surface area contributed by atoms with E-state index >= 15 is 0 Å². The highest BCUT2D eigenvalue weighted by molar-refractivity contribution is 5.75. The predicted octanol–water partition coefficient (Wildman–Crippen LogP) is 0.0846. The zero-order chi connectivity index (χ0) is 13.1. The minimum Gasteiger partial charge on any atom is -0.380 e. The average Bonchev–Trinajstić information content (AvgIpc) is 2.89. The van der Waals surface area contributed by atoms with E-state index in [1.165, 1.54) is 0 Å². The van der Waals surface area contributed by atoms with Gasteiger partial charge in [-0.25, -0.2) is 4.98 Å². The van der Waals surface area contributed by atoms with E-state index in [1.54, 1.807) is 13.4 Å². The summed E-state index contributed by atoms with van der Waals surface area (Å²) in [5.41, 5.74) is 1.14. The lowest BCUT2D eigenvalue weighted by Gasteiger charge is -2.05. The Bertz CT molecular complexity index is 314.